The Morgan fingerprint density at radius 1 is 1.00 bits per heavy atom. The van der Waals surface area contributed by atoms with Crippen LogP contribution in [0.15, 0.2) is 22.8 Å². The highest BCUT2D eigenvalue weighted by Gasteiger charge is 2.39. The molecule has 0 aromatic carbocycles. The molecule has 2 N–H and O–H groups in total. The molecule has 0 spiro atoms. The van der Waals surface area contributed by atoms with E-state index in [1.807, 2.05) is 0 Å². The van der Waals surface area contributed by atoms with Gasteiger partial charge in [0, 0.05) is 6.61 Å². The zero-order valence-electron chi connectivity index (χ0n) is 14.3. The fraction of sp³-hybridized carbons (Fsp3) is 0.789. The third-order valence-corrected chi connectivity index (χ3v) is 5.41. The topological polar surface area (TPSA) is 40.5 Å². The van der Waals surface area contributed by atoms with Gasteiger partial charge in [-0.15, -0.1) is 0 Å². The van der Waals surface area contributed by atoms with E-state index in [2.05, 4.69) is 42.5 Å². The molecule has 0 fully saturated rings. The smallest absolute Gasteiger partial charge is 0.108 e. The van der Waals surface area contributed by atoms with Crippen LogP contribution in [0.5, 0.6) is 0 Å². The molecule has 0 radical (unpaired) electrons. The molecule has 1 aliphatic rings. The van der Waals surface area contributed by atoms with E-state index >= 15 is 0 Å². The molecule has 2 nitrogen and oxygen atoms in total. The molecule has 1 atom stereocenters. The SMILES string of the molecule is CCCCC1=C(CCCC)C(O)(CCCCI)C(CCO)=C1. The first-order valence-corrected chi connectivity index (χ1v) is 10.5. The molecule has 128 valence electrons. The van der Waals surface area contributed by atoms with Gasteiger partial charge >= 0.3 is 0 Å². The van der Waals surface area contributed by atoms with Crippen LogP contribution in [0.1, 0.15) is 78.1 Å². The first-order chi connectivity index (χ1) is 10.6. The minimum Gasteiger partial charge on any atom is -0.396 e. The van der Waals surface area contributed by atoms with Crippen molar-refractivity contribution in [2.24, 2.45) is 0 Å². The minimum atomic E-state index is -0.771. The van der Waals surface area contributed by atoms with E-state index in [1.165, 1.54) is 24.0 Å². The van der Waals surface area contributed by atoms with Crippen molar-refractivity contribution in [3.63, 3.8) is 0 Å². The number of halogens is 1. The molecular weight excluding hydrogens is 387 g/mol. The second-order valence-corrected chi connectivity index (χ2v) is 7.44. The Kier molecular flexibility index (Phi) is 9.92. The van der Waals surface area contributed by atoms with Crippen LogP contribution in [-0.4, -0.2) is 26.8 Å². The molecule has 3 heteroatoms. The summed E-state index contributed by atoms with van der Waals surface area (Å²) in [4.78, 5) is 0. The van der Waals surface area contributed by atoms with E-state index in [-0.39, 0.29) is 6.61 Å². The summed E-state index contributed by atoms with van der Waals surface area (Å²) >= 11 is 2.40. The summed E-state index contributed by atoms with van der Waals surface area (Å²) in [5, 5.41) is 20.8. The van der Waals surface area contributed by atoms with Gasteiger partial charge in [-0.1, -0.05) is 55.4 Å². The van der Waals surface area contributed by atoms with Crippen LogP contribution in [0, 0.1) is 0 Å². The molecule has 0 saturated carbocycles. The Bertz CT molecular complexity index is 387. The van der Waals surface area contributed by atoms with Gasteiger partial charge in [0.05, 0.1) is 0 Å². The summed E-state index contributed by atoms with van der Waals surface area (Å²) in [6.45, 7) is 4.55. The second kappa shape index (κ2) is 10.8. The quantitative estimate of drug-likeness (QED) is 0.255. The lowest BCUT2D eigenvalue weighted by molar-refractivity contribution is 0.0957. The highest BCUT2D eigenvalue weighted by Crippen LogP contribution is 2.44. The molecule has 1 aliphatic carbocycles. The first-order valence-electron chi connectivity index (χ1n) is 8.96. The minimum absolute atomic E-state index is 0.128. The van der Waals surface area contributed by atoms with E-state index in [1.54, 1.807) is 0 Å². The van der Waals surface area contributed by atoms with Gasteiger partial charge in [-0.3, -0.25) is 0 Å². The molecule has 0 bridgehead atoms. The predicted octanol–water partition coefficient (Wildman–Crippen LogP) is 5.32. The highest BCUT2D eigenvalue weighted by atomic mass is 127. The van der Waals surface area contributed by atoms with Crippen molar-refractivity contribution in [1.29, 1.82) is 0 Å². The van der Waals surface area contributed by atoms with Crippen molar-refractivity contribution in [2.75, 3.05) is 11.0 Å². The van der Waals surface area contributed by atoms with Crippen molar-refractivity contribution in [2.45, 2.75) is 83.7 Å². The molecule has 1 rings (SSSR count). The van der Waals surface area contributed by atoms with Crippen molar-refractivity contribution >= 4 is 22.6 Å². The van der Waals surface area contributed by atoms with Crippen LogP contribution in [0.25, 0.3) is 0 Å². The van der Waals surface area contributed by atoms with Crippen molar-refractivity contribution in [1.82, 2.24) is 0 Å². The van der Waals surface area contributed by atoms with Crippen LogP contribution in [0.3, 0.4) is 0 Å². The monoisotopic (exact) mass is 420 g/mol. The summed E-state index contributed by atoms with van der Waals surface area (Å²) in [5.41, 5.74) is 2.91. The number of unbranched alkanes of at least 4 members (excludes halogenated alkanes) is 3. The van der Waals surface area contributed by atoms with Gasteiger partial charge in [0.1, 0.15) is 5.60 Å². The number of aliphatic hydroxyl groups is 2. The number of aliphatic hydroxyl groups excluding tert-OH is 1. The summed E-state index contributed by atoms with van der Waals surface area (Å²) in [7, 11) is 0. The zero-order chi connectivity index (χ0) is 16.4. The molecule has 22 heavy (non-hydrogen) atoms. The van der Waals surface area contributed by atoms with Crippen molar-refractivity contribution in [3.8, 4) is 0 Å². The Morgan fingerprint density at radius 3 is 2.27 bits per heavy atom. The molecule has 1 unspecified atom stereocenters. The summed E-state index contributed by atoms with van der Waals surface area (Å²) in [6.07, 6.45) is 12.6. The number of allylic oxidation sites excluding steroid dienone is 2. The first kappa shape index (κ1) is 20.2. The average molecular weight is 420 g/mol. The fourth-order valence-corrected chi connectivity index (χ4v) is 3.91. The van der Waals surface area contributed by atoms with Crippen LogP contribution < -0.4 is 0 Å². The van der Waals surface area contributed by atoms with Gasteiger partial charge in [0.15, 0.2) is 0 Å². The third-order valence-electron chi connectivity index (χ3n) is 4.65. The number of hydrogen-bond acceptors (Lipinski definition) is 2. The lowest BCUT2D eigenvalue weighted by Gasteiger charge is -2.31. The normalized spacial score (nSPS) is 21.6. The van der Waals surface area contributed by atoms with Crippen LogP contribution in [0.2, 0.25) is 0 Å². The summed E-state index contributed by atoms with van der Waals surface area (Å²) < 4.78 is 1.14. The van der Waals surface area contributed by atoms with E-state index in [0.717, 1.165) is 54.9 Å². The van der Waals surface area contributed by atoms with Crippen LogP contribution >= 0.6 is 22.6 Å². The van der Waals surface area contributed by atoms with E-state index in [0.29, 0.717) is 6.42 Å². The number of hydrogen-bond donors (Lipinski definition) is 2. The van der Waals surface area contributed by atoms with Gasteiger partial charge in [0.25, 0.3) is 0 Å². The summed E-state index contributed by atoms with van der Waals surface area (Å²) in [5.74, 6) is 0. The molecule has 0 saturated heterocycles. The van der Waals surface area contributed by atoms with Crippen LogP contribution in [-0.2, 0) is 0 Å². The lowest BCUT2D eigenvalue weighted by Crippen LogP contribution is -2.32. The largest absolute Gasteiger partial charge is 0.396 e. The molecular formula is C19H33IO2. The molecule has 0 aliphatic heterocycles. The Morgan fingerprint density at radius 2 is 1.68 bits per heavy atom. The molecule has 0 aromatic rings. The van der Waals surface area contributed by atoms with Crippen molar-refractivity contribution in [3.05, 3.63) is 22.8 Å². The van der Waals surface area contributed by atoms with Crippen LogP contribution in [0.4, 0.5) is 0 Å². The Balaban J connectivity index is 3.00. The van der Waals surface area contributed by atoms with Gasteiger partial charge in [-0.05, 0) is 72.5 Å². The van der Waals surface area contributed by atoms with E-state index in [4.69, 9.17) is 0 Å². The lowest BCUT2D eigenvalue weighted by atomic mass is 9.81. The number of rotatable bonds is 12. The van der Waals surface area contributed by atoms with E-state index < -0.39 is 5.60 Å². The maximum absolute atomic E-state index is 11.4. The maximum Gasteiger partial charge on any atom is 0.108 e. The second-order valence-electron chi connectivity index (χ2n) is 6.36. The van der Waals surface area contributed by atoms with Gasteiger partial charge < -0.3 is 10.2 Å². The molecule has 0 heterocycles. The Labute approximate surface area is 150 Å². The maximum atomic E-state index is 11.4. The third kappa shape index (κ3) is 5.34. The molecule has 0 amide bonds. The van der Waals surface area contributed by atoms with Gasteiger partial charge in [-0.2, -0.15) is 0 Å². The standard InChI is InChI=1S/C19H33IO2/c1-3-5-9-16-15-17(11-14-21)19(22,12-7-8-13-20)18(16)10-6-4-2/h15,21-22H,3-14H2,1-2H3. The zero-order valence-corrected chi connectivity index (χ0v) is 16.5. The average Bonchev–Trinajstić information content (AvgIpc) is 2.76. The van der Waals surface area contributed by atoms with Crippen molar-refractivity contribution < 1.29 is 10.2 Å². The fourth-order valence-electron chi connectivity index (χ4n) is 3.37. The van der Waals surface area contributed by atoms with Gasteiger partial charge in [-0.25, -0.2) is 0 Å². The van der Waals surface area contributed by atoms with Gasteiger partial charge in [0.2, 0.25) is 0 Å². The molecule has 0 aromatic heterocycles. The predicted molar refractivity (Wildman–Crippen MR) is 104 cm³/mol. The summed E-state index contributed by atoms with van der Waals surface area (Å²) in [6, 6.07) is 0. The number of alkyl halides is 1. The van der Waals surface area contributed by atoms with E-state index in [9.17, 15) is 10.2 Å². The Hall–Kier alpha value is 0.130. The highest BCUT2D eigenvalue weighted by molar-refractivity contribution is 14.1.